The fourth-order valence-corrected chi connectivity index (χ4v) is 3.46. The number of amides is 1. The molecule has 0 fully saturated rings. The van der Waals surface area contributed by atoms with Crippen molar-refractivity contribution in [2.75, 3.05) is 13.2 Å². The largest absolute Gasteiger partial charge is 0.485 e. The topological polar surface area (TPSA) is 84.5 Å². The predicted molar refractivity (Wildman–Crippen MR) is 109 cm³/mol. The first-order valence-electron chi connectivity index (χ1n) is 9.41. The number of benzene rings is 2. The molecule has 1 aliphatic heterocycles. The van der Waals surface area contributed by atoms with Crippen LogP contribution in [0.2, 0.25) is 5.02 Å². The average molecular weight is 414 g/mol. The van der Waals surface area contributed by atoms with Crippen LogP contribution in [-0.4, -0.2) is 40.0 Å². The molecule has 0 radical (unpaired) electrons. The van der Waals surface area contributed by atoms with Crippen molar-refractivity contribution < 1.29 is 14.3 Å². The van der Waals surface area contributed by atoms with Crippen LogP contribution in [0.15, 0.2) is 47.3 Å². The van der Waals surface area contributed by atoms with Crippen molar-refractivity contribution in [2.24, 2.45) is 0 Å². The Morgan fingerprint density at radius 2 is 2.07 bits per heavy atom. The Labute approximate surface area is 172 Å². The Hall–Kier alpha value is -3.06. The van der Waals surface area contributed by atoms with E-state index >= 15 is 0 Å². The van der Waals surface area contributed by atoms with Gasteiger partial charge in [-0.1, -0.05) is 30.7 Å². The van der Waals surface area contributed by atoms with Crippen molar-refractivity contribution in [3.63, 3.8) is 0 Å². The van der Waals surface area contributed by atoms with Crippen molar-refractivity contribution in [3.05, 3.63) is 63.7 Å². The molecule has 0 unspecified atom stereocenters. The number of H-pyrrole nitrogens is 1. The third-order valence-corrected chi connectivity index (χ3v) is 4.88. The maximum Gasteiger partial charge on any atom is 0.267 e. The van der Waals surface area contributed by atoms with E-state index in [4.69, 9.17) is 21.1 Å². The van der Waals surface area contributed by atoms with Gasteiger partial charge >= 0.3 is 0 Å². The van der Waals surface area contributed by atoms with Crippen molar-refractivity contribution >= 4 is 28.4 Å². The molecule has 2 aromatic carbocycles. The van der Waals surface area contributed by atoms with Crippen LogP contribution in [0.4, 0.5) is 0 Å². The Kier molecular flexibility index (Phi) is 5.40. The highest BCUT2D eigenvalue weighted by Gasteiger charge is 2.31. The van der Waals surface area contributed by atoms with E-state index in [1.54, 1.807) is 35.2 Å². The normalized spacial score (nSPS) is 15.3. The molecule has 150 valence electrons. The van der Waals surface area contributed by atoms with E-state index in [0.29, 0.717) is 39.8 Å². The van der Waals surface area contributed by atoms with Gasteiger partial charge in [-0.05, 0) is 36.8 Å². The van der Waals surface area contributed by atoms with Crippen LogP contribution in [0.5, 0.6) is 11.5 Å². The molecule has 0 spiro atoms. The fraction of sp³-hybridized carbons (Fsp3) is 0.286. The van der Waals surface area contributed by atoms with E-state index in [2.05, 4.69) is 9.97 Å². The van der Waals surface area contributed by atoms with E-state index in [9.17, 15) is 9.59 Å². The molecule has 7 nitrogen and oxygen atoms in total. The number of rotatable bonds is 5. The average Bonchev–Trinajstić information content (AvgIpc) is 2.72. The summed E-state index contributed by atoms with van der Waals surface area (Å²) in [7, 11) is 0. The molecule has 1 aromatic heterocycles. The third-order valence-electron chi connectivity index (χ3n) is 4.65. The number of ether oxygens (including phenoxy) is 2. The lowest BCUT2D eigenvalue weighted by molar-refractivity contribution is -0.142. The van der Waals surface area contributed by atoms with E-state index in [1.165, 1.54) is 0 Å². The predicted octanol–water partition coefficient (Wildman–Crippen LogP) is 3.16. The maximum atomic E-state index is 13.1. The molecule has 0 saturated heterocycles. The maximum absolute atomic E-state index is 13.1. The molecule has 1 aliphatic rings. The summed E-state index contributed by atoms with van der Waals surface area (Å²) < 4.78 is 11.5. The summed E-state index contributed by atoms with van der Waals surface area (Å²) in [5.41, 5.74) is 0.225. The molecule has 29 heavy (non-hydrogen) atoms. The summed E-state index contributed by atoms with van der Waals surface area (Å²) >= 11 is 6.02. The second-order valence-electron chi connectivity index (χ2n) is 6.80. The molecule has 8 heteroatoms. The molecule has 0 bridgehead atoms. The molecular formula is C21H20ClN3O4. The molecule has 2 heterocycles. The van der Waals surface area contributed by atoms with Gasteiger partial charge in [-0.25, -0.2) is 4.98 Å². The van der Waals surface area contributed by atoms with E-state index in [-0.39, 0.29) is 24.6 Å². The number of halogens is 1. The standard InChI is InChI=1S/C21H20ClN3O4/c1-2-9-25(21(27)18-12-28-16-5-3-4-6-17(16)29-18)11-19-23-15-10-13(22)7-8-14(15)20(26)24-19/h3-8,10,18H,2,9,11-12H2,1H3,(H,23,24,26)/t18-/m0/s1. The third kappa shape index (κ3) is 4.05. The number of para-hydroxylation sites is 2. The van der Waals surface area contributed by atoms with Gasteiger partial charge in [-0.2, -0.15) is 0 Å². The second-order valence-corrected chi connectivity index (χ2v) is 7.23. The highest BCUT2D eigenvalue weighted by atomic mass is 35.5. The Bertz CT molecular complexity index is 1110. The zero-order valence-electron chi connectivity index (χ0n) is 15.9. The highest BCUT2D eigenvalue weighted by Crippen LogP contribution is 2.31. The van der Waals surface area contributed by atoms with Crippen LogP contribution in [0.1, 0.15) is 19.2 Å². The number of carbonyl (C=O) groups is 1. The summed E-state index contributed by atoms with van der Waals surface area (Å²) in [5.74, 6) is 1.34. The van der Waals surface area contributed by atoms with Crippen LogP contribution in [-0.2, 0) is 11.3 Å². The van der Waals surface area contributed by atoms with Gasteiger partial charge < -0.3 is 19.4 Å². The van der Waals surface area contributed by atoms with E-state index in [1.807, 2.05) is 19.1 Å². The van der Waals surface area contributed by atoms with Crippen molar-refractivity contribution in [1.29, 1.82) is 0 Å². The number of aromatic nitrogens is 2. The van der Waals surface area contributed by atoms with Crippen molar-refractivity contribution in [3.8, 4) is 11.5 Å². The number of nitrogens with zero attached hydrogens (tertiary/aromatic N) is 2. The number of nitrogens with one attached hydrogen (secondary N) is 1. The first-order chi connectivity index (χ1) is 14.0. The number of hydrogen-bond acceptors (Lipinski definition) is 5. The lowest BCUT2D eigenvalue weighted by Gasteiger charge is -2.30. The van der Waals surface area contributed by atoms with Gasteiger partial charge in [0.2, 0.25) is 6.10 Å². The summed E-state index contributed by atoms with van der Waals surface area (Å²) in [6.45, 7) is 2.76. The Morgan fingerprint density at radius 1 is 1.28 bits per heavy atom. The minimum Gasteiger partial charge on any atom is -0.485 e. The summed E-state index contributed by atoms with van der Waals surface area (Å²) in [6.07, 6.45) is -0.00224. The number of carbonyl (C=O) groups excluding carboxylic acids is 1. The van der Waals surface area contributed by atoms with Crippen molar-refractivity contribution in [2.45, 2.75) is 26.0 Å². The lowest BCUT2D eigenvalue weighted by Crippen LogP contribution is -2.46. The summed E-state index contributed by atoms with van der Waals surface area (Å²) in [5, 5.41) is 0.946. The number of fused-ring (bicyclic) bond motifs is 2. The zero-order chi connectivity index (χ0) is 20.4. The van der Waals surface area contributed by atoms with Gasteiger partial charge in [-0.15, -0.1) is 0 Å². The molecule has 1 atom stereocenters. The minimum absolute atomic E-state index is 0.132. The van der Waals surface area contributed by atoms with Gasteiger partial charge in [0.15, 0.2) is 11.5 Å². The van der Waals surface area contributed by atoms with Crippen LogP contribution in [0, 0.1) is 0 Å². The molecule has 1 N–H and O–H groups in total. The zero-order valence-corrected chi connectivity index (χ0v) is 16.6. The van der Waals surface area contributed by atoms with Crippen LogP contribution >= 0.6 is 11.6 Å². The summed E-state index contributed by atoms with van der Waals surface area (Å²) in [4.78, 5) is 34.3. The number of hydrogen-bond donors (Lipinski definition) is 1. The highest BCUT2D eigenvalue weighted by molar-refractivity contribution is 6.31. The smallest absolute Gasteiger partial charge is 0.267 e. The van der Waals surface area contributed by atoms with Crippen LogP contribution in [0.3, 0.4) is 0 Å². The molecule has 1 amide bonds. The first-order valence-corrected chi connectivity index (χ1v) is 9.78. The van der Waals surface area contributed by atoms with Gasteiger partial charge in [-0.3, -0.25) is 9.59 Å². The monoisotopic (exact) mass is 413 g/mol. The van der Waals surface area contributed by atoms with E-state index in [0.717, 1.165) is 6.42 Å². The molecular weight excluding hydrogens is 394 g/mol. The Balaban J connectivity index is 1.57. The van der Waals surface area contributed by atoms with Gasteiger partial charge in [0.1, 0.15) is 12.4 Å². The van der Waals surface area contributed by atoms with Crippen molar-refractivity contribution in [1.82, 2.24) is 14.9 Å². The summed E-state index contributed by atoms with van der Waals surface area (Å²) in [6, 6.07) is 12.2. The fourth-order valence-electron chi connectivity index (χ4n) is 3.30. The van der Waals surface area contributed by atoms with Gasteiger partial charge in [0.25, 0.3) is 11.5 Å². The van der Waals surface area contributed by atoms with Crippen LogP contribution < -0.4 is 15.0 Å². The second kappa shape index (κ2) is 8.13. The molecule has 0 aliphatic carbocycles. The molecule has 4 rings (SSSR count). The quantitative estimate of drug-likeness (QED) is 0.694. The molecule has 3 aromatic rings. The Morgan fingerprint density at radius 3 is 2.86 bits per heavy atom. The SMILES string of the molecule is CCCN(Cc1nc2cc(Cl)ccc2c(=O)[nH]1)C(=O)[C@@H]1COc2ccccc2O1. The minimum atomic E-state index is -0.752. The molecule has 0 saturated carbocycles. The van der Waals surface area contributed by atoms with Gasteiger partial charge in [0, 0.05) is 11.6 Å². The van der Waals surface area contributed by atoms with E-state index < -0.39 is 6.10 Å². The number of aromatic amines is 1. The lowest BCUT2D eigenvalue weighted by atomic mass is 10.2. The van der Waals surface area contributed by atoms with Gasteiger partial charge in [0.05, 0.1) is 17.4 Å². The first kappa shape index (κ1) is 19.3. The van der Waals surface area contributed by atoms with Crippen LogP contribution in [0.25, 0.3) is 10.9 Å².